The molecule has 1 N–H and O–H groups in total. The lowest BCUT2D eigenvalue weighted by atomic mass is 9.96. The van der Waals surface area contributed by atoms with Crippen LogP contribution in [0.5, 0.6) is 0 Å². The number of aromatic amines is 1. The number of aryl methyl sites for hydroxylation is 1. The lowest BCUT2D eigenvalue weighted by Crippen LogP contribution is -2.34. The zero-order chi connectivity index (χ0) is 16.8. The summed E-state index contributed by atoms with van der Waals surface area (Å²) in [6.07, 6.45) is 5.20. The quantitative estimate of drug-likeness (QED) is 0.592. The van der Waals surface area contributed by atoms with Crippen LogP contribution >= 0.6 is 0 Å². The van der Waals surface area contributed by atoms with Crippen molar-refractivity contribution in [3.63, 3.8) is 0 Å². The predicted octanol–water partition coefficient (Wildman–Crippen LogP) is 1.48. The maximum absolute atomic E-state index is 4.57. The van der Waals surface area contributed by atoms with Crippen LogP contribution in [0.25, 0.3) is 16.8 Å². The monoisotopic (exact) mass is 335 g/mol. The summed E-state index contributed by atoms with van der Waals surface area (Å²) < 4.78 is 1.88. The lowest BCUT2D eigenvalue weighted by molar-refractivity contribution is 0.475. The molecule has 9 nitrogen and oxygen atoms in total. The molecule has 0 saturated carbocycles. The van der Waals surface area contributed by atoms with Gasteiger partial charge in [-0.3, -0.25) is 0 Å². The first-order chi connectivity index (χ1) is 12.3. The van der Waals surface area contributed by atoms with Gasteiger partial charge in [-0.25, -0.2) is 15.0 Å². The molecule has 0 spiro atoms. The SMILES string of the molecule is Cc1ccc2nnc(C3CCN(c4ncnc5nc[nH]c45)CC3)n2n1. The topological polar surface area (TPSA) is 101 Å². The van der Waals surface area contributed by atoms with Gasteiger partial charge in [0.2, 0.25) is 0 Å². The normalized spacial score (nSPS) is 16.1. The molecule has 0 atom stereocenters. The van der Waals surface area contributed by atoms with E-state index in [2.05, 4.69) is 40.1 Å². The van der Waals surface area contributed by atoms with Crippen molar-refractivity contribution in [3.8, 4) is 0 Å². The van der Waals surface area contributed by atoms with Crippen molar-refractivity contribution in [1.82, 2.24) is 39.7 Å². The zero-order valence-electron chi connectivity index (χ0n) is 13.8. The highest BCUT2D eigenvalue weighted by molar-refractivity contribution is 5.82. The minimum atomic E-state index is 0.347. The molecular formula is C16H17N9. The number of rotatable bonds is 2. The van der Waals surface area contributed by atoms with Crippen molar-refractivity contribution < 1.29 is 0 Å². The molecule has 5 heterocycles. The predicted molar refractivity (Wildman–Crippen MR) is 91.4 cm³/mol. The highest BCUT2D eigenvalue weighted by atomic mass is 15.4. The maximum atomic E-state index is 4.57. The van der Waals surface area contributed by atoms with E-state index in [4.69, 9.17) is 0 Å². The van der Waals surface area contributed by atoms with E-state index in [1.54, 1.807) is 12.7 Å². The number of hydrogen-bond acceptors (Lipinski definition) is 7. The molecule has 0 amide bonds. The van der Waals surface area contributed by atoms with Gasteiger partial charge in [-0.15, -0.1) is 10.2 Å². The summed E-state index contributed by atoms with van der Waals surface area (Å²) in [4.78, 5) is 18.3. The first kappa shape index (κ1) is 14.3. The molecule has 0 aromatic carbocycles. The van der Waals surface area contributed by atoms with Crippen LogP contribution in [0.4, 0.5) is 5.82 Å². The van der Waals surface area contributed by atoms with E-state index >= 15 is 0 Å². The Hall–Kier alpha value is -3.10. The third kappa shape index (κ3) is 2.31. The summed E-state index contributed by atoms with van der Waals surface area (Å²) in [5.41, 5.74) is 3.37. The van der Waals surface area contributed by atoms with Crippen molar-refractivity contribution in [2.45, 2.75) is 25.7 Å². The summed E-state index contributed by atoms with van der Waals surface area (Å²) in [5, 5.41) is 13.2. The number of nitrogens with zero attached hydrogens (tertiary/aromatic N) is 8. The van der Waals surface area contributed by atoms with Crippen LogP contribution in [-0.4, -0.2) is 52.8 Å². The van der Waals surface area contributed by atoms with E-state index in [0.29, 0.717) is 11.6 Å². The summed E-state index contributed by atoms with van der Waals surface area (Å²) in [6, 6.07) is 3.92. The molecule has 25 heavy (non-hydrogen) atoms. The smallest absolute Gasteiger partial charge is 0.182 e. The van der Waals surface area contributed by atoms with E-state index in [0.717, 1.165) is 54.4 Å². The molecule has 5 rings (SSSR count). The van der Waals surface area contributed by atoms with E-state index < -0.39 is 0 Å². The third-order valence-electron chi connectivity index (χ3n) is 4.78. The van der Waals surface area contributed by atoms with Crippen molar-refractivity contribution in [1.29, 1.82) is 0 Å². The van der Waals surface area contributed by atoms with Crippen LogP contribution in [0.2, 0.25) is 0 Å². The summed E-state index contributed by atoms with van der Waals surface area (Å²) in [5.74, 6) is 2.22. The van der Waals surface area contributed by atoms with Gasteiger partial charge in [0.25, 0.3) is 0 Å². The zero-order valence-corrected chi connectivity index (χ0v) is 13.8. The fraction of sp³-hybridized carbons (Fsp3) is 0.375. The van der Waals surface area contributed by atoms with Crippen molar-refractivity contribution in [2.24, 2.45) is 0 Å². The molecule has 1 fully saturated rings. The molecule has 4 aromatic rings. The fourth-order valence-electron chi connectivity index (χ4n) is 3.49. The Bertz CT molecular complexity index is 1040. The van der Waals surface area contributed by atoms with Crippen molar-refractivity contribution >= 4 is 22.6 Å². The minimum absolute atomic E-state index is 0.347. The van der Waals surface area contributed by atoms with Gasteiger partial charge in [0.1, 0.15) is 11.8 Å². The van der Waals surface area contributed by atoms with E-state index in [1.165, 1.54) is 0 Å². The average molecular weight is 335 g/mol. The standard InChI is InChI=1S/C16H17N9/c1-10-2-3-12-21-22-15(25(12)23-10)11-4-6-24(7-5-11)16-13-14(18-8-17-13)19-9-20-16/h2-3,8-9,11H,4-7H2,1H3,(H,17,18,19,20). The highest BCUT2D eigenvalue weighted by Crippen LogP contribution is 2.30. The molecule has 4 aromatic heterocycles. The van der Waals surface area contributed by atoms with Gasteiger partial charge in [0, 0.05) is 19.0 Å². The first-order valence-electron chi connectivity index (χ1n) is 8.37. The molecule has 0 unspecified atom stereocenters. The molecule has 126 valence electrons. The second-order valence-electron chi connectivity index (χ2n) is 6.36. The van der Waals surface area contributed by atoms with Gasteiger partial charge in [0.15, 0.2) is 22.9 Å². The molecule has 0 bridgehead atoms. The number of H-pyrrole nitrogens is 1. The summed E-state index contributed by atoms with van der Waals surface area (Å²) >= 11 is 0. The van der Waals surface area contributed by atoms with Gasteiger partial charge in [-0.2, -0.15) is 9.61 Å². The molecule has 1 aliphatic rings. The number of hydrogen-bond donors (Lipinski definition) is 1. The summed E-state index contributed by atoms with van der Waals surface area (Å²) in [6.45, 7) is 3.78. The maximum Gasteiger partial charge on any atom is 0.182 e. The van der Waals surface area contributed by atoms with Crippen molar-refractivity contribution in [3.05, 3.63) is 36.3 Å². The molecular weight excluding hydrogens is 318 g/mol. The first-order valence-corrected chi connectivity index (χ1v) is 8.37. The number of aromatic nitrogens is 8. The van der Waals surface area contributed by atoms with E-state index in [9.17, 15) is 0 Å². The second kappa shape index (κ2) is 5.47. The van der Waals surface area contributed by atoms with Gasteiger partial charge in [0.05, 0.1) is 12.0 Å². The Morgan fingerprint density at radius 1 is 1.08 bits per heavy atom. The molecule has 9 heteroatoms. The van der Waals surface area contributed by atoms with Gasteiger partial charge in [-0.05, 0) is 31.9 Å². The molecule has 1 aliphatic heterocycles. The van der Waals surface area contributed by atoms with Crippen LogP contribution < -0.4 is 4.90 Å². The van der Waals surface area contributed by atoms with Crippen LogP contribution in [-0.2, 0) is 0 Å². The number of fused-ring (bicyclic) bond motifs is 2. The Balaban J connectivity index is 1.41. The number of anilines is 1. The third-order valence-corrected chi connectivity index (χ3v) is 4.78. The number of nitrogens with one attached hydrogen (secondary N) is 1. The Labute approximate surface area is 143 Å². The van der Waals surface area contributed by atoms with Crippen LogP contribution in [0.1, 0.15) is 30.3 Å². The number of imidazole rings is 1. The Kier molecular flexibility index (Phi) is 3.12. The van der Waals surface area contributed by atoms with E-state index in [1.807, 2.05) is 23.6 Å². The van der Waals surface area contributed by atoms with Crippen LogP contribution in [0, 0.1) is 6.92 Å². The average Bonchev–Trinajstić information content (AvgIpc) is 3.28. The minimum Gasteiger partial charge on any atom is -0.355 e. The van der Waals surface area contributed by atoms with E-state index in [-0.39, 0.29) is 0 Å². The van der Waals surface area contributed by atoms with Crippen LogP contribution in [0.15, 0.2) is 24.8 Å². The second-order valence-corrected chi connectivity index (χ2v) is 6.36. The molecule has 1 saturated heterocycles. The van der Waals surface area contributed by atoms with Crippen molar-refractivity contribution in [2.75, 3.05) is 18.0 Å². The lowest BCUT2D eigenvalue weighted by Gasteiger charge is -2.31. The number of piperidine rings is 1. The molecule has 0 aliphatic carbocycles. The van der Waals surface area contributed by atoms with Gasteiger partial charge in [-0.1, -0.05) is 0 Å². The summed E-state index contributed by atoms with van der Waals surface area (Å²) in [7, 11) is 0. The Morgan fingerprint density at radius 2 is 1.96 bits per heavy atom. The largest absolute Gasteiger partial charge is 0.355 e. The van der Waals surface area contributed by atoms with Crippen LogP contribution in [0.3, 0.4) is 0 Å². The fourth-order valence-corrected chi connectivity index (χ4v) is 3.49. The van der Waals surface area contributed by atoms with Gasteiger partial charge >= 0.3 is 0 Å². The molecule has 0 radical (unpaired) electrons. The highest BCUT2D eigenvalue weighted by Gasteiger charge is 2.26. The van der Waals surface area contributed by atoms with Gasteiger partial charge < -0.3 is 9.88 Å². The Morgan fingerprint density at radius 3 is 2.84 bits per heavy atom.